The fourth-order valence-corrected chi connectivity index (χ4v) is 1.39. The zero-order valence-corrected chi connectivity index (χ0v) is 10.4. The van der Waals surface area contributed by atoms with Gasteiger partial charge in [0.2, 0.25) is 5.91 Å². The molecule has 2 N–H and O–H groups in total. The van der Waals surface area contributed by atoms with E-state index < -0.39 is 5.41 Å². The maximum absolute atomic E-state index is 12.0. The van der Waals surface area contributed by atoms with Gasteiger partial charge in [0.15, 0.2) is 0 Å². The maximum Gasteiger partial charge on any atom is 0.229 e. The van der Waals surface area contributed by atoms with Crippen LogP contribution in [0.4, 0.5) is 0 Å². The Labute approximate surface area is 92.8 Å². The highest BCUT2D eigenvalue weighted by molar-refractivity contribution is 5.82. The molecule has 0 saturated carbocycles. The van der Waals surface area contributed by atoms with Crippen LogP contribution in [0, 0.1) is 5.41 Å². The molecule has 0 fully saturated rings. The first-order valence-corrected chi connectivity index (χ1v) is 5.46. The van der Waals surface area contributed by atoms with Crippen molar-refractivity contribution in [2.24, 2.45) is 11.1 Å². The van der Waals surface area contributed by atoms with E-state index in [-0.39, 0.29) is 5.91 Å². The minimum atomic E-state index is -0.415. The van der Waals surface area contributed by atoms with Crippen molar-refractivity contribution in [2.45, 2.75) is 26.7 Å². The van der Waals surface area contributed by atoms with E-state index in [1.165, 1.54) is 0 Å². The van der Waals surface area contributed by atoms with Crippen molar-refractivity contribution >= 4 is 5.91 Å². The third-order valence-corrected chi connectivity index (χ3v) is 2.94. The number of amides is 1. The van der Waals surface area contributed by atoms with Crippen molar-refractivity contribution in [3.63, 3.8) is 0 Å². The first-order valence-electron chi connectivity index (χ1n) is 5.46. The van der Waals surface area contributed by atoms with E-state index in [0.29, 0.717) is 13.2 Å². The van der Waals surface area contributed by atoms with Crippen molar-refractivity contribution < 1.29 is 9.53 Å². The van der Waals surface area contributed by atoms with Crippen LogP contribution < -0.4 is 5.73 Å². The number of carbonyl (C=O) groups excluding carboxylic acids is 1. The van der Waals surface area contributed by atoms with Gasteiger partial charge < -0.3 is 15.4 Å². The maximum atomic E-state index is 12.0. The summed E-state index contributed by atoms with van der Waals surface area (Å²) in [7, 11) is 3.49. The van der Waals surface area contributed by atoms with Gasteiger partial charge in [0, 0.05) is 33.9 Å². The predicted octanol–water partition coefficient (Wildman–Crippen LogP) is 0.856. The highest BCUT2D eigenvalue weighted by Gasteiger charge is 2.31. The molecule has 0 heterocycles. The van der Waals surface area contributed by atoms with Gasteiger partial charge in [-0.1, -0.05) is 6.92 Å². The Morgan fingerprint density at radius 3 is 2.53 bits per heavy atom. The molecule has 0 aromatic carbocycles. The first-order chi connectivity index (χ1) is 7.01. The lowest BCUT2D eigenvalue weighted by atomic mass is 9.86. The van der Waals surface area contributed by atoms with Gasteiger partial charge in [-0.05, 0) is 19.8 Å². The second kappa shape index (κ2) is 6.80. The Morgan fingerprint density at radius 2 is 2.13 bits per heavy atom. The van der Waals surface area contributed by atoms with E-state index in [2.05, 4.69) is 0 Å². The summed E-state index contributed by atoms with van der Waals surface area (Å²) in [6, 6.07) is 0. The molecule has 1 atom stereocenters. The van der Waals surface area contributed by atoms with Gasteiger partial charge in [-0.25, -0.2) is 0 Å². The fourth-order valence-electron chi connectivity index (χ4n) is 1.39. The number of nitrogens with two attached hydrogens (primary N) is 1. The van der Waals surface area contributed by atoms with Gasteiger partial charge in [0.1, 0.15) is 0 Å². The largest absolute Gasteiger partial charge is 0.385 e. The van der Waals surface area contributed by atoms with Gasteiger partial charge in [0.25, 0.3) is 0 Å². The quantitative estimate of drug-likeness (QED) is 0.642. The van der Waals surface area contributed by atoms with Gasteiger partial charge >= 0.3 is 0 Å². The molecule has 0 aromatic heterocycles. The summed E-state index contributed by atoms with van der Waals surface area (Å²) in [6.07, 6.45) is 1.64. The number of hydrogen-bond acceptors (Lipinski definition) is 3. The van der Waals surface area contributed by atoms with Gasteiger partial charge in [-0.2, -0.15) is 0 Å². The fraction of sp³-hybridized carbons (Fsp3) is 0.909. The molecular weight excluding hydrogens is 192 g/mol. The van der Waals surface area contributed by atoms with Gasteiger partial charge in [-0.3, -0.25) is 4.79 Å². The lowest BCUT2D eigenvalue weighted by Gasteiger charge is -2.30. The second-order valence-corrected chi connectivity index (χ2v) is 4.19. The Bertz CT molecular complexity index is 191. The predicted molar refractivity (Wildman–Crippen MR) is 61.6 cm³/mol. The van der Waals surface area contributed by atoms with Crippen LogP contribution in [-0.2, 0) is 9.53 Å². The zero-order chi connectivity index (χ0) is 11.9. The summed E-state index contributed by atoms with van der Waals surface area (Å²) in [5.41, 5.74) is 5.22. The molecule has 0 aliphatic carbocycles. The van der Waals surface area contributed by atoms with E-state index >= 15 is 0 Å². The molecule has 0 aliphatic rings. The molecule has 4 nitrogen and oxygen atoms in total. The molecular formula is C11H24N2O2. The zero-order valence-electron chi connectivity index (χ0n) is 10.4. The molecule has 0 spiro atoms. The van der Waals surface area contributed by atoms with Gasteiger partial charge in [0.05, 0.1) is 5.41 Å². The molecule has 90 valence electrons. The number of hydrogen-bond donors (Lipinski definition) is 1. The Kier molecular flexibility index (Phi) is 6.52. The molecule has 15 heavy (non-hydrogen) atoms. The number of methoxy groups -OCH3 is 1. The highest BCUT2D eigenvalue weighted by atomic mass is 16.5. The normalized spacial score (nSPS) is 14.7. The van der Waals surface area contributed by atoms with Crippen LogP contribution >= 0.6 is 0 Å². The third-order valence-electron chi connectivity index (χ3n) is 2.94. The van der Waals surface area contributed by atoms with Crippen LogP contribution in [0.15, 0.2) is 0 Å². The molecule has 1 unspecified atom stereocenters. The topological polar surface area (TPSA) is 55.6 Å². The van der Waals surface area contributed by atoms with Crippen LogP contribution in [0.3, 0.4) is 0 Å². The van der Waals surface area contributed by atoms with Crippen molar-refractivity contribution in [1.82, 2.24) is 4.90 Å². The lowest BCUT2D eigenvalue weighted by molar-refractivity contribution is -0.139. The van der Waals surface area contributed by atoms with Crippen molar-refractivity contribution in [3.05, 3.63) is 0 Å². The van der Waals surface area contributed by atoms with Crippen molar-refractivity contribution in [3.8, 4) is 0 Å². The summed E-state index contributed by atoms with van der Waals surface area (Å²) in [6.45, 7) is 5.72. The number of carbonyl (C=O) groups is 1. The molecule has 4 heteroatoms. The van der Waals surface area contributed by atoms with Crippen LogP contribution in [0.2, 0.25) is 0 Å². The summed E-state index contributed by atoms with van der Waals surface area (Å²) < 4.78 is 4.95. The Morgan fingerprint density at radius 1 is 1.53 bits per heavy atom. The third kappa shape index (κ3) is 4.18. The minimum Gasteiger partial charge on any atom is -0.385 e. The summed E-state index contributed by atoms with van der Waals surface area (Å²) in [5, 5.41) is 0. The first kappa shape index (κ1) is 14.4. The average molecular weight is 216 g/mol. The van der Waals surface area contributed by atoms with Crippen LogP contribution in [-0.4, -0.2) is 44.7 Å². The van der Waals surface area contributed by atoms with E-state index in [9.17, 15) is 4.79 Å². The monoisotopic (exact) mass is 216 g/mol. The highest BCUT2D eigenvalue weighted by Crippen LogP contribution is 2.21. The molecule has 0 rings (SSSR count). The van der Waals surface area contributed by atoms with Crippen LogP contribution in [0.25, 0.3) is 0 Å². The van der Waals surface area contributed by atoms with E-state index in [4.69, 9.17) is 10.5 Å². The molecule has 0 aromatic rings. The molecule has 0 radical (unpaired) electrons. The minimum absolute atomic E-state index is 0.128. The molecule has 0 aliphatic heterocycles. The van der Waals surface area contributed by atoms with Crippen LogP contribution in [0.5, 0.6) is 0 Å². The molecule has 0 bridgehead atoms. The SMILES string of the molecule is CCC(C)(CN)C(=O)N(C)CCCOC. The number of rotatable bonds is 7. The van der Waals surface area contributed by atoms with Crippen molar-refractivity contribution in [2.75, 3.05) is 33.9 Å². The summed E-state index contributed by atoms with van der Waals surface area (Å²) in [5.74, 6) is 0.128. The van der Waals surface area contributed by atoms with E-state index in [0.717, 1.165) is 19.4 Å². The summed E-state index contributed by atoms with van der Waals surface area (Å²) >= 11 is 0. The summed E-state index contributed by atoms with van der Waals surface area (Å²) in [4.78, 5) is 13.8. The Hall–Kier alpha value is -0.610. The second-order valence-electron chi connectivity index (χ2n) is 4.19. The van der Waals surface area contributed by atoms with Crippen molar-refractivity contribution in [1.29, 1.82) is 0 Å². The van der Waals surface area contributed by atoms with E-state index in [1.807, 2.05) is 20.9 Å². The molecule has 1 amide bonds. The number of ether oxygens (including phenoxy) is 1. The molecule has 0 saturated heterocycles. The van der Waals surface area contributed by atoms with E-state index in [1.54, 1.807) is 12.0 Å². The van der Waals surface area contributed by atoms with Gasteiger partial charge in [-0.15, -0.1) is 0 Å². The number of nitrogens with zero attached hydrogens (tertiary/aromatic N) is 1. The Balaban J connectivity index is 4.17. The standard InChI is InChI=1S/C11H24N2O2/c1-5-11(2,9-12)10(14)13(3)7-6-8-15-4/h5-9,12H2,1-4H3. The average Bonchev–Trinajstić information content (AvgIpc) is 2.27. The lowest BCUT2D eigenvalue weighted by Crippen LogP contribution is -2.44. The smallest absolute Gasteiger partial charge is 0.229 e. The van der Waals surface area contributed by atoms with Crippen LogP contribution in [0.1, 0.15) is 26.7 Å².